The van der Waals surface area contributed by atoms with Gasteiger partial charge < -0.3 is 4.74 Å². The second kappa shape index (κ2) is 5.94. The highest BCUT2D eigenvalue weighted by atomic mass is 19.4. The summed E-state index contributed by atoms with van der Waals surface area (Å²) in [6.07, 6.45) is -22.4. The Labute approximate surface area is 120 Å². The molecule has 0 bridgehead atoms. The van der Waals surface area contributed by atoms with Gasteiger partial charge in [0.05, 0.1) is 6.10 Å². The first kappa shape index (κ1) is 21.7. The minimum absolute atomic E-state index is 0.817. The number of carbonyl (C=O) groups is 1. The van der Waals surface area contributed by atoms with Crippen LogP contribution in [0.1, 0.15) is 13.8 Å². The van der Waals surface area contributed by atoms with E-state index >= 15 is 0 Å². The van der Waals surface area contributed by atoms with Crippen molar-refractivity contribution in [3.05, 3.63) is 0 Å². The number of hydrogen-bond donors (Lipinski definition) is 0. The summed E-state index contributed by atoms with van der Waals surface area (Å²) in [7, 11) is 0. The van der Waals surface area contributed by atoms with E-state index in [1.807, 2.05) is 4.74 Å². The Morgan fingerprint density at radius 2 is 1.17 bits per heavy atom. The van der Waals surface area contributed by atoms with E-state index in [2.05, 4.69) is 4.74 Å². The molecule has 0 heterocycles. The first-order valence-corrected chi connectivity index (χ1v) is 5.29. The highest BCUT2D eigenvalue weighted by Crippen LogP contribution is 2.51. The fourth-order valence-corrected chi connectivity index (χ4v) is 0.911. The van der Waals surface area contributed by atoms with Gasteiger partial charge in [-0.25, -0.2) is 4.79 Å². The molecule has 0 unspecified atom stereocenters. The fourth-order valence-electron chi connectivity index (χ4n) is 0.911. The van der Waals surface area contributed by atoms with E-state index < -0.39 is 42.3 Å². The van der Waals surface area contributed by atoms with Crippen molar-refractivity contribution in [3.63, 3.8) is 0 Å². The number of esters is 1. The van der Waals surface area contributed by atoms with Crippen LogP contribution in [-0.4, -0.2) is 42.3 Å². The molecule has 0 rings (SSSR count). The maximum Gasteiger partial charge on any atom is 0.462 e. The number of alkyl halides is 11. The van der Waals surface area contributed by atoms with Crippen LogP contribution in [0.15, 0.2) is 0 Å². The number of ether oxygens (including phenoxy) is 2. The Morgan fingerprint density at radius 1 is 0.783 bits per heavy atom. The Kier molecular flexibility index (Phi) is 5.60. The van der Waals surface area contributed by atoms with Crippen LogP contribution < -0.4 is 0 Å². The van der Waals surface area contributed by atoms with Crippen molar-refractivity contribution < 1.29 is 62.6 Å². The van der Waals surface area contributed by atoms with Crippen LogP contribution in [0.25, 0.3) is 0 Å². The third kappa shape index (κ3) is 4.14. The van der Waals surface area contributed by atoms with Crippen LogP contribution in [-0.2, 0) is 14.3 Å². The number of rotatable bonds is 5. The van der Waals surface area contributed by atoms with Gasteiger partial charge in [-0.05, 0) is 13.8 Å². The Balaban J connectivity index is 5.88. The smallest absolute Gasteiger partial charge is 0.458 e. The molecule has 3 nitrogen and oxygen atoms in total. The lowest BCUT2D eigenvalue weighted by Gasteiger charge is -2.33. The van der Waals surface area contributed by atoms with Crippen molar-refractivity contribution in [2.45, 2.75) is 50.2 Å². The van der Waals surface area contributed by atoms with Gasteiger partial charge in [0, 0.05) is 0 Å². The highest BCUT2D eigenvalue weighted by Gasteiger charge is 2.80. The van der Waals surface area contributed by atoms with E-state index in [1.165, 1.54) is 0 Å². The molecule has 0 saturated carbocycles. The highest BCUT2D eigenvalue weighted by molar-refractivity contribution is 5.79. The molecule has 14 heteroatoms. The standard InChI is InChI=1S/C9H7F11O3/c1-3(2)22-4(21)5(10,7(13,14)15)23-9(19,20)6(11,12)8(16,17)18/h3H,1-2H3/t5-/m0/s1. The molecule has 0 aliphatic heterocycles. The van der Waals surface area contributed by atoms with E-state index in [1.54, 1.807) is 0 Å². The lowest BCUT2D eigenvalue weighted by atomic mass is 10.2. The molecular formula is C9H7F11O3. The van der Waals surface area contributed by atoms with Crippen molar-refractivity contribution in [1.29, 1.82) is 0 Å². The number of hydrogen-bond acceptors (Lipinski definition) is 3. The maximum atomic E-state index is 13.5. The number of carbonyl (C=O) groups excluding carboxylic acids is 1. The molecule has 0 spiro atoms. The predicted molar refractivity (Wildman–Crippen MR) is 48.2 cm³/mol. The van der Waals surface area contributed by atoms with Crippen LogP contribution in [0.2, 0.25) is 0 Å². The summed E-state index contributed by atoms with van der Waals surface area (Å²) in [5.74, 6) is -16.7. The zero-order valence-corrected chi connectivity index (χ0v) is 11.0. The summed E-state index contributed by atoms with van der Waals surface area (Å²) in [5, 5.41) is 0. The van der Waals surface area contributed by atoms with Crippen LogP contribution >= 0.6 is 0 Å². The van der Waals surface area contributed by atoms with E-state index in [9.17, 15) is 53.1 Å². The fraction of sp³-hybridized carbons (Fsp3) is 0.889. The minimum Gasteiger partial charge on any atom is -0.458 e. The first-order valence-electron chi connectivity index (χ1n) is 5.29. The molecule has 0 radical (unpaired) electrons. The third-order valence-corrected chi connectivity index (χ3v) is 1.96. The van der Waals surface area contributed by atoms with Crippen LogP contribution in [0.5, 0.6) is 0 Å². The van der Waals surface area contributed by atoms with Crippen LogP contribution in [0, 0.1) is 0 Å². The molecule has 0 amide bonds. The van der Waals surface area contributed by atoms with Gasteiger partial charge in [-0.15, -0.1) is 0 Å². The van der Waals surface area contributed by atoms with Gasteiger partial charge in [-0.1, -0.05) is 0 Å². The zero-order valence-electron chi connectivity index (χ0n) is 11.0. The van der Waals surface area contributed by atoms with Crippen molar-refractivity contribution in [2.24, 2.45) is 0 Å². The lowest BCUT2D eigenvalue weighted by molar-refractivity contribution is -0.475. The summed E-state index contributed by atoms with van der Waals surface area (Å²) in [6.45, 7) is 1.63. The van der Waals surface area contributed by atoms with Crippen molar-refractivity contribution in [1.82, 2.24) is 0 Å². The van der Waals surface area contributed by atoms with Crippen molar-refractivity contribution in [3.8, 4) is 0 Å². The Hall–Kier alpha value is -1.34. The third-order valence-electron chi connectivity index (χ3n) is 1.96. The summed E-state index contributed by atoms with van der Waals surface area (Å²) in [6, 6.07) is 0. The lowest BCUT2D eigenvalue weighted by Crippen LogP contribution is -2.62. The normalized spacial score (nSPS) is 17.1. The molecule has 0 fully saturated rings. The summed E-state index contributed by atoms with van der Waals surface area (Å²) in [4.78, 5) is 10.9. The van der Waals surface area contributed by atoms with Crippen LogP contribution in [0.3, 0.4) is 0 Å². The molecule has 0 aromatic rings. The van der Waals surface area contributed by atoms with Gasteiger partial charge in [0.2, 0.25) is 0 Å². The van der Waals surface area contributed by atoms with E-state index in [0.29, 0.717) is 0 Å². The van der Waals surface area contributed by atoms with Gasteiger partial charge >= 0.3 is 36.2 Å². The minimum atomic E-state index is -7.22. The van der Waals surface area contributed by atoms with Gasteiger partial charge in [0.25, 0.3) is 0 Å². The predicted octanol–water partition coefficient (Wildman–Crippen LogP) is 3.97. The molecule has 0 N–H and O–H groups in total. The molecule has 0 saturated heterocycles. The average molecular weight is 372 g/mol. The van der Waals surface area contributed by atoms with Crippen LogP contribution in [0.4, 0.5) is 48.3 Å². The molecular weight excluding hydrogens is 365 g/mol. The Morgan fingerprint density at radius 3 is 1.43 bits per heavy atom. The molecule has 1 atom stereocenters. The van der Waals surface area contributed by atoms with Crippen molar-refractivity contribution >= 4 is 5.97 Å². The second-order valence-electron chi connectivity index (χ2n) is 4.24. The average Bonchev–Trinajstić information content (AvgIpc) is 2.23. The first-order chi connectivity index (χ1) is 9.79. The van der Waals surface area contributed by atoms with Gasteiger partial charge in [-0.2, -0.15) is 48.3 Å². The Bertz CT molecular complexity index is 439. The summed E-state index contributed by atoms with van der Waals surface area (Å²) in [5.41, 5.74) is 0. The van der Waals surface area contributed by atoms with E-state index in [-0.39, 0.29) is 0 Å². The van der Waals surface area contributed by atoms with Crippen molar-refractivity contribution in [2.75, 3.05) is 0 Å². The molecule has 0 aromatic heterocycles. The molecule has 0 aliphatic rings. The molecule has 0 aromatic carbocycles. The zero-order chi connectivity index (χ0) is 19.1. The van der Waals surface area contributed by atoms with E-state index in [0.717, 1.165) is 13.8 Å². The molecule has 138 valence electrons. The van der Waals surface area contributed by atoms with E-state index in [4.69, 9.17) is 0 Å². The van der Waals surface area contributed by atoms with Gasteiger partial charge in [0.15, 0.2) is 0 Å². The summed E-state index contributed by atoms with van der Waals surface area (Å²) < 4.78 is 142. The SMILES string of the molecule is CC(C)OC(=O)[C@](F)(OC(F)(F)C(F)(F)C(F)(F)F)C(F)(F)F. The maximum absolute atomic E-state index is 13.5. The molecule has 0 aliphatic carbocycles. The monoisotopic (exact) mass is 372 g/mol. The topological polar surface area (TPSA) is 35.5 Å². The largest absolute Gasteiger partial charge is 0.462 e. The number of halogens is 11. The van der Waals surface area contributed by atoms with Gasteiger partial charge in [0.1, 0.15) is 0 Å². The quantitative estimate of drug-likeness (QED) is 0.541. The summed E-state index contributed by atoms with van der Waals surface area (Å²) >= 11 is 0. The molecule has 23 heavy (non-hydrogen) atoms. The van der Waals surface area contributed by atoms with Gasteiger partial charge in [-0.3, -0.25) is 4.74 Å². The second-order valence-corrected chi connectivity index (χ2v) is 4.24.